The summed E-state index contributed by atoms with van der Waals surface area (Å²) in [5.41, 5.74) is 0.394. The van der Waals surface area contributed by atoms with Gasteiger partial charge in [0.25, 0.3) is 11.8 Å². The van der Waals surface area contributed by atoms with E-state index in [1.54, 1.807) is 12.1 Å². The van der Waals surface area contributed by atoms with Crippen molar-refractivity contribution in [3.8, 4) is 11.5 Å². The molecule has 1 saturated heterocycles. The first-order valence-electron chi connectivity index (χ1n) is 9.76. The minimum atomic E-state index is -0.718. The van der Waals surface area contributed by atoms with Crippen LogP contribution in [0.1, 0.15) is 51.5 Å². The van der Waals surface area contributed by atoms with Gasteiger partial charge in [-0.3, -0.25) is 19.8 Å². The van der Waals surface area contributed by atoms with E-state index in [9.17, 15) is 14.4 Å². The summed E-state index contributed by atoms with van der Waals surface area (Å²) in [4.78, 5) is 38.8. The Balaban J connectivity index is 1.95. The predicted molar refractivity (Wildman–Crippen MR) is 109 cm³/mol. The standard InChI is InChI=1S/C21H25ClN2O5/c1-12(2)29-18-16(22)10-13(11-17(18)28-3)9-15-19(25)23-21(27)24(20(15)26)14-7-5-4-6-8-14/h9-12,14H,4-8H2,1-3H3,(H,23,25,27). The number of nitrogens with one attached hydrogen (secondary N) is 1. The lowest BCUT2D eigenvalue weighted by molar-refractivity contribution is -0.132. The van der Waals surface area contributed by atoms with Crippen LogP contribution in [-0.4, -0.2) is 42.0 Å². The first-order valence-corrected chi connectivity index (χ1v) is 10.1. The number of carbonyl (C=O) groups is 3. The molecule has 0 unspecified atom stereocenters. The van der Waals surface area contributed by atoms with E-state index in [4.69, 9.17) is 21.1 Å². The highest BCUT2D eigenvalue weighted by atomic mass is 35.5. The molecule has 1 aliphatic carbocycles. The molecule has 1 aliphatic heterocycles. The van der Waals surface area contributed by atoms with Gasteiger partial charge in [-0.25, -0.2) is 4.79 Å². The maximum atomic E-state index is 13.0. The molecule has 2 fully saturated rings. The summed E-state index contributed by atoms with van der Waals surface area (Å²) in [6, 6.07) is 2.39. The van der Waals surface area contributed by atoms with Crippen molar-refractivity contribution in [3.05, 3.63) is 28.3 Å². The van der Waals surface area contributed by atoms with Gasteiger partial charge in [0, 0.05) is 6.04 Å². The van der Waals surface area contributed by atoms with Gasteiger partial charge in [-0.1, -0.05) is 30.9 Å². The Morgan fingerprint density at radius 3 is 2.48 bits per heavy atom. The van der Waals surface area contributed by atoms with E-state index in [1.165, 1.54) is 18.1 Å². The predicted octanol–water partition coefficient (Wildman–Crippen LogP) is 3.93. The molecular weight excluding hydrogens is 396 g/mol. The zero-order valence-corrected chi connectivity index (χ0v) is 17.5. The van der Waals surface area contributed by atoms with Gasteiger partial charge < -0.3 is 9.47 Å². The quantitative estimate of drug-likeness (QED) is 0.576. The highest BCUT2D eigenvalue weighted by Gasteiger charge is 2.40. The number of hydrogen-bond acceptors (Lipinski definition) is 5. The molecule has 8 heteroatoms. The Labute approximate surface area is 175 Å². The van der Waals surface area contributed by atoms with Crippen molar-refractivity contribution in [2.45, 2.75) is 58.1 Å². The molecule has 1 saturated carbocycles. The Kier molecular flexibility index (Phi) is 6.47. The topological polar surface area (TPSA) is 84.9 Å². The normalized spacial score (nSPS) is 19.7. The molecule has 3 rings (SSSR count). The number of halogens is 1. The van der Waals surface area contributed by atoms with Gasteiger partial charge in [0.1, 0.15) is 5.57 Å². The highest BCUT2D eigenvalue weighted by molar-refractivity contribution is 6.33. The van der Waals surface area contributed by atoms with Crippen LogP contribution in [0.4, 0.5) is 4.79 Å². The molecule has 0 aromatic heterocycles. The van der Waals surface area contributed by atoms with Crippen LogP contribution in [0.25, 0.3) is 6.08 Å². The van der Waals surface area contributed by atoms with E-state index in [1.807, 2.05) is 13.8 Å². The van der Waals surface area contributed by atoms with Crippen molar-refractivity contribution in [1.82, 2.24) is 10.2 Å². The summed E-state index contributed by atoms with van der Waals surface area (Å²) in [7, 11) is 1.48. The van der Waals surface area contributed by atoms with Crippen LogP contribution >= 0.6 is 11.6 Å². The first kappa shape index (κ1) is 21.2. The maximum absolute atomic E-state index is 13.0. The Morgan fingerprint density at radius 1 is 1.17 bits per heavy atom. The number of imide groups is 2. The van der Waals surface area contributed by atoms with Crippen molar-refractivity contribution in [2.75, 3.05) is 7.11 Å². The summed E-state index contributed by atoms with van der Waals surface area (Å²) < 4.78 is 11.0. The average molecular weight is 421 g/mol. The van der Waals surface area contributed by atoms with E-state index in [0.29, 0.717) is 22.1 Å². The number of hydrogen-bond donors (Lipinski definition) is 1. The molecule has 1 aromatic rings. The second-order valence-corrected chi connectivity index (χ2v) is 7.89. The third-order valence-electron chi connectivity index (χ3n) is 4.99. The number of rotatable bonds is 5. The lowest BCUT2D eigenvalue weighted by atomic mass is 9.93. The number of urea groups is 1. The van der Waals surface area contributed by atoms with Crippen LogP contribution in [0.5, 0.6) is 11.5 Å². The van der Waals surface area contributed by atoms with E-state index < -0.39 is 17.8 Å². The fraction of sp³-hybridized carbons (Fsp3) is 0.476. The summed E-state index contributed by atoms with van der Waals surface area (Å²) >= 11 is 6.34. The lowest BCUT2D eigenvalue weighted by Crippen LogP contribution is -2.58. The maximum Gasteiger partial charge on any atom is 0.331 e. The van der Waals surface area contributed by atoms with Gasteiger partial charge in [0.2, 0.25) is 0 Å². The van der Waals surface area contributed by atoms with E-state index in [0.717, 1.165) is 32.1 Å². The average Bonchev–Trinajstić information content (AvgIpc) is 2.67. The Hall–Kier alpha value is -2.54. The smallest absolute Gasteiger partial charge is 0.331 e. The van der Waals surface area contributed by atoms with Crippen molar-refractivity contribution in [3.63, 3.8) is 0 Å². The molecule has 156 valence electrons. The molecule has 4 amide bonds. The molecule has 1 N–H and O–H groups in total. The largest absolute Gasteiger partial charge is 0.493 e. The summed E-state index contributed by atoms with van der Waals surface area (Å²) in [5, 5.41) is 2.58. The molecule has 0 radical (unpaired) electrons. The van der Waals surface area contributed by atoms with Crippen LogP contribution in [0, 0.1) is 0 Å². The number of ether oxygens (including phenoxy) is 2. The number of nitrogens with zero attached hydrogens (tertiary/aromatic N) is 1. The second-order valence-electron chi connectivity index (χ2n) is 7.48. The zero-order chi connectivity index (χ0) is 21.1. The Bertz CT molecular complexity index is 859. The lowest BCUT2D eigenvalue weighted by Gasteiger charge is -2.35. The van der Waals surface area contributed by atoms with Gasteiger partial charge in [-0.05, 0) is 50.5 Å². The molecule has 2 aliphatic rings. The fourth-order valence-corrected chi connectivity index (χ4v) is 3.95. The SMILES string of the molecule is COc1cc(C=C2C(=O)NC(=O)N(C3CCCCC3)C2=O)cc(Cl)c1OC(C)C. The van der Waals surface area contributed by atoms with Gasteiger partial charge in [0.15, 0.2) is 11.5 Å². The number of barbiturate groups is 1. The van der Waals surface area contributed by atoms with Crippen LogP contribution in [0.15, 0.2) is 17.7 Å². The molecule has 7 nitrogen and oxygen atoms in total. The van der Waals surface area contributed by atoms with E-state index >= 15 is 0 Å². The minimum Gasteiger partial charge on any atom is -0.493 e. The minimum absolute atomic E-state index is 0.105. The second kappa shape index (κ2) is 8.86. The Morgan fingerprint density at radius 2 is 1.86 bits per heavy atom. The molecule has 29 heavy (non-hydrogen) atoms. The fourth-order valence-electron chi connectivity index (χ4n) is 3.68. The third kappa shape index (κ3) is 4.56. The number of benzene rings is 1. The summed E-state index contributed by atoms with van der Waals surface area (Å²) in [6.07, 6.45) is 5.82. The molecule has 0 atom stereocenters. The number of amides is 4. The van der Waals surface area contributed by atoms with Gasteiger partial charge in [-0.2, -0.15) is 0 Å². The van der Waals surface area contributed by atoms with Gasteiger partial charge >= 0.3 is 6.03 Å². The molecule has 1 heterocycles. The van der Waals surface area contributed by atoms with Gasteiger partial charge in [-0.15, -0.1) is 0 Å². The monoisotopic (exact) mass is 420 g/mol. The number of carbonyl (C=O) groups excluding carboxylic acids is 3. The van der Waals surface area contributed by atoms with E-state index in [2.05, 4.69) is 5.32 Å². The van der Waals surface area contributed by atoms with Crippen LogP contribution in [0.2, 0.25) is 5.02 Å². The van der Waals surface area contributed by atoms with Crippen LogP contribution < -0.4 is 14.8 Å². The van der Waals surface area contributed by atoms with Crippen molar-refractivity contribution in [2.24, 2.45) is 0 Å². The molecule has 0 spiro atoms. The first-order chi connectivity index (χ1) is 13.8. The van der Waals surface area contributed by atoms with Crippen molar-refractivity contribution >= 4 is 35.5 Å². The summed E-state index contributed by atoms with van der Waals surface area (Å²) in [5.74, 6) is -0.514. The van der Waals surface area contributed by atoms with Crippen LogP contribution in [0.3, 0.4) is 0 Å². The van der Waals surface area contributed by atoms with Gasteiger partial charge in [0.05, 0.1) is 18.2 Å². The van der Waals surface area contributed by atoms with Crippen molar-refractivity contribution < 1.29 is 23.9 Å². The molecular formula is C21H25ClN2O5. The van der Waals surface area contributed by atoms with E-state index in [-0.39, 0.29) is 17.7 Å². The van der Waals surface area contributed by atoms with Crippen molar-refractivity contribution in [1.29, 1.82) is 0 Å². The highest BCUT2D eigenvalue weighted by Crippen LogP contribution is 2.38. The summed E-state index contributed by atoms with van der Waals surface area (Å²) in [6.45, 7) is 3.74. The third-order valence-corrected chi connectivity index (χ3v) is 5.27. The molecule has 0 bridgehead atoms. The van der Waals surface area contributed by atoms with Crippen LogP contribution in [-0.2, 0) is 9.59 Å². The zero-order valence-electron chi connectivity index (χ0n) is 16.8. The number of methoxy groups -OCH3 is 1. The molecule has 1 aromatic carbocycles.